The topological polar surface area (TPSA) is 97.7 Å². The van der Waals surface area contributed by atoms with Gasteiger partial charge < -0.3 is 18.9 Å². The average molecular weight is 322 g/mol. The van der Waals surface area contributed by atoms with Crippen molar-refractivity contribution in [2.24, 2.45) is 5.92 Å². The second kappa shape index (κ2) is 7.20. The molecular formula is C15H22N4O4. The smallest absolute Gasteiger partial charge is 0.240 e. The fourth-order valence-electron chi connectivity index (χ4n) is 2.88. The monoisotopic (exact) mass is 322 g/mol. The van der Waals surface area contributed by atoms with Crippen molar-refractivity contribution < 1.29 is 18.9 Å². The fourth-order valence-corrected chi connectivity index (χ4v) is 2.88. The first-order valence-electron chi connectivity index (χ1n) is 7.77. The van der Waals surface area contributed by atoms with E-state index in [-0.39, 0.29) is 5.92 Å². The standard InChI is InChI=1S/C15H22N4O4/c1-10-5-12(22-17-10)6-11-7-19(8-13(11)20)9-15-16-14(18-23-15)3-4-21-2/h5,11,13,20H,3-4,6-9H2,1-2H3/t11-,13-/m1/s1. The summed E-state index contributed by atoms with van der Waals surface area (Å²) in [5.41, 5.74) is 0.860. The van der Waals surface area contributed by atoms with E-state index in [2.05, 4.69) is 20.2 Å². The molecular weight excluding hydrogens is 300 g/mol. The SMILES string of the molecule is COCCc1noc(CN2C[C@@H](Cc3cc(C)no3)[C@H](O)C2)n1. The highest BCUT2D eigenvalue weighted by atomic mass is 16.5. The van der Waals surface area contributed by atoms with Crippen molar-refractivity contribution in [1.82, 2.24) is 20.2 Å². The van der Waals surface area contributed by atoms with Gasteiger partial charge in [0, 0.05) is 45.0 Å². The molecule has 0 spiro atoms. The number of aryl methyl sites for hydroxylation is 1. The minimum Gasteiger partial charge on any atom is -0.391 e. The zero-order valence-corrected chi connectivity index (χ0v) is 13.4. The van der Waals surface area contributed by atoms with E-state index in [4.69, 9.17) is 13.8 Å². The lowest BCUT2D eigenvalue weighted by atomic mass is 10.0. The molecule has 126 valence electrons. The molecule has 0 saturated carbocycles. The second-order valence-electron chi connectivity index (χ2n) is 6.01. The quantitative estimate of drug-likeness (QED) is 0.791. The summed E-state index contributed by atoms with van der Waals surface area (Å²) < 4.78 is 15.5. The lowest BCUT2D eigenvalue weighted by Gasteiger charge is -2.12. The van der Waals surface area contributed by atoms with Gasteiger partial charge in [0.1, 0.15) is 5.76 Å². The van der Waals surface area contributed by atoms with Crippen molar-refractivity contribution in [3.8, 4) is 0 Å². The van der Waals surface area contributed by atoms with Crippen molar-refractivity contribution in [2.75, 3.05) is 26.8 Å². The summed E-state index contributed by atoms with van der Waals surface area (Å²) in [4.78, 5) is 6.46. The number of hydrogen-bond acceptors (Lipinski definition) is 8. The van der Waals surface area contributed by atoms with Crippen LogP contribution in [0, 0.1) is 12.8 Å². The van der Waals surface area contributed by atoms with E-state index in [1.54, 1.807) is 7.11 Å². The van der Waals surface area contributed by atoms with E-state index in [0.717, 1.165) is 18.0 Å². The third-order valence-electron chi connectivity index (χ3n) is 4.02. The molecule has 1 saturated heterocycles. The van der Waals surface area contributed by atoms with Crippen LogP contribution in [0.15, 0.2) is 15.1 Å². The molecule has 0 amide bonds. The van der Waals surface area contributed by atoms with Crippen molar-refractivity contribution >= 4 is 0 Å². The summed E-state index contributed by atoms with van der Waals surface area (Å²) in [6.45, 7) is 4.36. The molecule has 0 aromatic carbocycles. The van der Waals surface area contributed by atoms with Crippen LogP contribution < -0.4 is 0 Å². The first-order chi connectivity index (χ1) is 11.1. The number of hydrogen-bond donors (Lipinski definition) is 1. The van der Waals surface area contributed by atoms with Crippen molar-refractivity contribution in [3.05, 3.63) is 29.2 Å². The first kappa shape index (κ1) is 16.1. The molecule has 23 heavy (non-hydrogen) atoms. The predicted molar refractivity (Wildman–Crippen MR) is 79.6 cm³/mol. The Morgan fingerprint density at radius 3 is 2.96 bits per heavy atom. The highest BCUT2D eigenvalue weighted by molar-refractivity contribution is 5.05. The predicted octanol–water partition coefficient (Wildman–Crippen LogP) is 0.590. The summed E-state index contributed by atoms with van der Waals surface area (Å²) in [7, 11) is 1.64. The lowest BCUT2D eigenvalue weighted by molar-refractivity contribution is 0.136. The fraction of sp³-hybridized carbons (Fsp3) is 0.667. The van der Waals surface area contributed by atoms with Crippen LogP contribution in [0.5, 0.6) is 0 Å². The van der Waals surface area contributed by atoms with Crippen LogP contribution in [0.2, 0.25) is 0 Å². The molecule has 3 heterocycles. The zero-order chi connectivity index (χ0) is 16.2. The molecule has 2 aromatic rings. The van der Waals surface area contributed by atoms with E-state index < -0.39 is 6.10 Å². The number of nitrogens with zero attached hydrogens (tertiary/aromatic N) is 4. The van der Waals surface area contributed by atoms with Gasteiger partial charge in [-0.2, -0.15) is 4.98 Å². The van der Waals surface area contributed by atoms with Gasteiger partial charge >= 0.3 is 0 Å². The number of aromatic nitrogens is 3. The Morgan fingerprint density at radius 2 is 2.22 bits per heavy atom. The summed E-state index contributed by atoms with van der Waals surface area (Å²) in [5, 5.41) is 18.0. The number of β-amino-alcohol motifs (C(OH)–C–C–N with tert-alkyl or cyclic N) is 1. The Balaban J connectivity index is 1.52. The largest absolute Gasteiger partial charge is 0.391 e. The van der Waals surface area contributed by atoms with Gasteiger partial charge in [0.05, 0.1) is 24.9 Å². The Hall–Kier alpha value is -1.77. The third kappa shape index (κ3) is 4.15. The number of aliphatic hydroxyl groups is 1. The van der Waals surface area contributed by atoms with Gasteiger partial charge in [-0.25, -0.2) is 0 Å². The van der Waals surface area contributed by atoms with Gasteiger partial charge in [0.2, 0.25) is 5.89 Å². The van der Waals surface area contributed by atoms with Crippen LogP contribution in [-0.4, -0.2) is 58.2 Å². The number of likely N-dealkylation sites (tertiary alicyclic amines) is 1. The Kier molecular flexibility index (Phi) is 5.04. The summed E-state index contributed by atoms with van der Waals surface area (Å²) in [6.07, 6.45) is 0.925. The van der Waals surface area contributed by atoms with E-state index in [1.807, 2.05) is 13.0 Å². The Morgan fingerprint density at radius 1 is 1.35 bits per heavy atom. The number of ether oxygens (including phenoxy) is 1. The molecule has 0 unspecified atom stereocenters. The maximum absolute atomic E-state index is 10.2. The molecule has 2 atom stereocenters. The van der Waals surface area contributed by atoms with Crippen LogP contribution in [-0.2, 0) is 24.1 Å². The van der Waals surface area contributed by atoms with Gasteiger partial charge in [-0.1, -0.05) is 10.3 Å². The molecule has 1 fully saturated rings. The highest BCUT2D eigenvalue weighted by Crippen LogP contribution is 2.23. The van der Waals surface area contributed by atoms with Crippen LogP contribution in [0.25, 0.3) is 0 Å². The average Bonchev–Trinajstić information content (AvgIpc) is 3.21. The van der Waals surface area contributed by atoms with Gasteiger partial charge in [0.15, 0.2) is 5.82 Å². The number of methoxy groups -OCH3 is 1. The highest BCUT2D eigenvalue weighted by Gasteiger charge is 2.33. The maximum Gasteiger partial charge on any atom is 0.240 e. The summed E-state index contributed by atoms with van der Waals surface area (Å²) in [6, 6.07) is 1.91. The molecule has 1 aliphatic rings. The molecule has 1 aliphatic heterocycles. The molecule has 0 radical (unpaired) electrons. The van der Waals surface area contributed by atoms with Crippen molar-refractivity contribution in [3.63, 3.8) is 0 Å². The number of aliphatic hydroxyl groups excluding tert-OH is 1. The van der Waals surface area contributed by atoms with E-state index in [0.29, 0.717) is 44.3 Å². The summed E-state index contributed by atoms with van der Waals surface area (Å²) >= 11 is 0. The summed E-state index contributed by atoms with van der Waals surface area (Å²) in [5.74, 6) is 2.15. The minimum atomic E-state index is -0.392. The minimum absolute atomic E-state index is 0.123. The van der Waals surface area contributed by atoms with E-state index in [9.17, 15) is 5.11 Å². The first-order valence-corrected chi connectivity index (χ1v) is 7.77. The number of rotatable bonds is 7. The second-order valence-corrected chi connectivity index (χ2v) is 6.01. The van der Waals surface area contributed by atoms with Gasteiger partial charge in [-0.3, -0.25) is 4.90 Å². The molecule has 3 rings (SSSR count). The normalized spacial score (nSPS) is 22.0. The molecule has 2 aromatic heterocycles. The lowest BCUT2D eigenvalue weighted by Crippen LogP contribution is -2.21. The van der Waals surface area contributed by atoms with Gasteiger partial charge in [-0.05, 0) is 6.92 Å². The Labute approximate surface area is 134 Å². The molecule has 8 heteroatoms. The zero-order valence-electron chi connectivity index (χ0n) is 13.4. The maximum atomic E-state index is 10.2. The van der Waals surface area contributed by atoms with Gasteiger partial charge in [0.25, 0.3) is 0 Å². The van der Waals surface area contributed by atoms with Crippen LogP contribution in [0.1, 0.15) is 23.2 Å². The van der Waals surface area contributed by atoms with E-state index in [1.165, 1.54) is 0 Å². The van der Waals surface area contributed by atoms with Crippen LogP contribution in [0.4, 0.5) is 0 Å². The third-order valence-corrected chi connectivity index (χ3v) is 4.02. The molecule has 0 aliphatic carbocycles. The van der Waals surface area contributed by atoms with Crippen molar-refractivity contribution in [2.45, 2.75) is 32.4 Å². The Bertz CT molecular complexity index is 627. The van der Waals surface area contributed by atoms with Crippen LogP contribution >= 0.6 is 0 Å². The molecule has 1 N–H and O–H groups in total. The van der Waals surface area contributed by atoms with Crippen molar-refractivity contribution in [1.29, 1.82) is 0 Å². The molecule has 8 nitrogen and oxygen atoms in total. The molecule has 0 bridgehead atoms. The van der Waals surface area contributed by atoms with Crippen LogP contribution in [0.3, 0.4) is 0 Å². The van der Waals surface area contributed by atoms with E-state index >= 15 is 0 Å². The van der Waals surface area contributed by atoms with Gasteiger partial charge in [-0.15, -0.1) is 0 Å².